The Labute approximate surface area is 209 Å². The van der Waals surface area contributed by atoms with Crippen molar-refractivity contribution in [3.63, 3.8) is 0 Å². The molecular weight excluding hydrogens is 492 g/mol. The van der Waals surface area contributed by atoms with Gasteiger partial charge in [-0.25, -0.2) is 9.48 Å². The molecule has 12 heteroatoms. The van der Waals surface area contributed by atoms with Crippen molar-refractivity contribution in [3.8, 4) is 11.4 Å². The molecular formula is C24H19ClN4O7. The zero-order valence-corrected chi connectivity index (χ0v) is 19.6. The molecule has 36 heavy (non-hydrogen) atoms. The zero-order chi connectivity index (χ0) is 25.7. The van der Waals surface area contributed by atoms with E-state index in [1.165, 1.54) is 41.2 Å². The van der Waals surface area contributed by atoms with E-state index in [9.17, 15) is 19.7 Å². The number of carbonyl (C=O) groups excluding carboxylic acids is 2. The number of esters is 1. The van der Waals surface area contributed by atoms with E-state index in [1.807, 2.05) is 6.07 Å². The first-order valence-electron chi connectivity index (χ1n) is 10.6. The van der Waals surface area contributed by atoms with Crippen molar-refractivity contribution in [2.45, 2.75) is 13.5 Å². The lowest BCUT2D eigenvalue weighted by Gasteiger charge is -2.10. The molecule has 184 valence electrons. The third kappa shape index (κ3) is 5.36. The minimum Gasteiger partial charge on any atom is -0.484 e. The molecule has 0 aliphatic rings. The van der Waals surface area contributed by atoms with Gasteiger partial charge in [0.2, 0.25) is 0 Å². The van der Waals surface area contributed by atoms with Crippen LogP contribution in [0.25, 0.3) is 5.69 Å². The average molecular weight is 511 g/mol. The number of ether oxygens (including phenoxy) is 2. The first-order valence-corrected chi connectivity index (χ1v) is 11.0. The maximum atomic E-state index is 12.9. The number of aromatic nitrogens is 2. The fourth-order valence-electron chi connectivity index (χ4n) is 3.21. The van der Waals surface area contributed by atoms with E-state index < -0.39 is 16.8 Å². The molecule has 0 spiro atoms. The van der Waals surface area contributed by atoms with Crippen LogP contribution in [0, 0.1) is 10.1 Å². The van der Waals surface area contributed by atoms with Gasteiger partial charge < -0.3 is 19.2 Å². The number of nitrogens with one attached hydrogen (secondary N) is 1. The van der Waals surface area contributed by atoms with Gasteiger partial charge in [-0.3, -0.25) is 14.9 Å². The summed E-state index contributed by atoms with van der Waals surface area (Å²) in [6.07, 6.45) is 1.32. The molecule has 4 rings (SSSR count). The highest BCUT2D eigenvalue weighted by molar-refractivity contribution is 6.32. The zero-order valence-electron chi connectivity index (χ0n) is 18.8. The highest BCUT2D eigenvalue weighted by atomic mass is 35.5. The largest absolute Gasteiger partial charge is 0.484 e. The molecule has 0 aliphatic heterocycles. The van der Waals surface area contributed by atoms with Crippen LogP contribution in [0.2, 0.25) is 5.02 Å². The number of nitro groups is 1. The summed E-state index contributed by atoms with van der Waals surface area (Å²) in [5.74, 6) is -0.663. The topological polar surface area (TPSA) is 139 Å². The van der Waals surface area contributed by atoms with Gasteiger partial charge >= 0.3 is 5.97 Å². The summed E-state index contributed by atoms with van der Waals surface area (Å²) in [6.45, 7) is 1.75. The molecule has 0 atom stereocenters. The number of para-hydroxylation sites is 1. The molecule has 1 amide bonds. The Kier molecular flexibility index (Phi) is 7.31. The number of furan rings is 1. The molecule has 0 aliphatic carbocycles. The number of benzene rings is 2. The van der Waals surface area contributed by atoms with Crippen molar-refractivity contribution in [3.05, 3.63) is 99.1 Å². The third-order valence-corrected chi connectivity index (χ3v) is 5.17. The number of nitro benzene ring substituents is 1. The number of carbonyl (C=O) groups is 2. The Balaban J connectivity index is 1.51. The van der Waals surface area contributed by atoms with Crippen LogP contribution in [0.15, 0.2) is 71.3 Å². The molecule has 0 saturated carbocycles. The number of rotatable bonds is 9. The van der Waals surface area contributed by atoms with Crippen molar-refractivity contribution in [2.24, 2.45) is 0 Å². The van der Waals surface area contributed by atoms with Crippen molar-refractivity contribution < 1.29 is 28.4 Å². The maximum absolute atomic E-state index is 12.9. The number of halogens is 1. The summed E-state index contributed by atoms with van der Waals surface area (Å²) in [4.78, 5) is 35.6. The van der Waals surface area contributed by atoms with Gasteiger partial charge in [-0.15, -0.1) is 0 Å². The predicted molar refractivity (Wildman–Crippen MR) is 129 cm³/mol. The van der Waals surface area contributed by atoms with E-state index in [0.717, 1.165) is 0 Å². The summed E-state index contributed by atoms with van der Waals surface area (Å²) in [5.41, 5.74) is 0.537. The number of anilines is 1. The third-order valence-electron chi connectivity index (χ3n) is 4.88. The summed E-state index contributed by atoms with van der Waals surface area (Å²) in [6, 6.07) is 15.7. The molecule has 0 fully saturated rings. The highest BCUT2D eigenvalue weighted by Crippen LogP contribution is 2.29. The molecule has 2 heterocycles. The lowest BCUT2D eigenvalue weighted by atomic mass is 10.3. The Morgan fingerprint density at radius 3 is 2.64 bits per heavy atom. The van der Waals surface area contributed by atoms with E-state index >= 15 is 0 Å². The van der Waals surface area contributed by atoms with Gasteiger partial charge in [-0.2, -0.15) is 5.10 Å². The van der Waals surface area contributed by atoms with Gasteiger partial charge in [0.25, 0.3) is 11.6 Å². The Hall–Kier alpha value is -4.64. The molecule has 1 N–H and O–H groups in total. The maximum Gasteiger partial charge on any atom is 0.343 e. The molecule has 0 unspecified atom stereocenters. The van der Waals surface area contributed by atoms with Crippen molar-refractivity contribution >= 4 is 35.0 Å². The van der Waals surface area contributed by atoms with Gasteiger partial charge in [-0.1, -0.05) is 29.8 Å². The number of nitrogens with zero attached hydrogens (tertiary/aromatic N) is 3. The SMILES string of the molecule is CCOC(=O)c1cnn(-c2ccccc2)c1NC(=O)c1ccc(COc2ccc([N+](=O)[O-])cc2Cl)o1. The van der Waals surface area contributed by atoms with Crippen LogP contribution < -0.4 is 10.1 Å². The number of amides is 1. The molecule has 2 aromatic carbocycles. The van der Waals surface area contributed by atoms with Crippen LogP contribution in [-0.4, -0.2) is 33.2 Å². The predicted octanol–water partition coefficient (Wildman–Crippen LogP) is 5.03. The molecule has 0 radical (unpaired) electrons. The monoisotopic (exact) mass is 510 g/mol. The normalized spacial score (nSPS) is 10.6. The highest BCUT2D eigenvalue weighted by Gasteiger charge is 2.23. The molecule has 0 bridgehead atoms. The minimum atomic E-state index is -0.636. The Morgan fingerprint density at radius 1 is 1.17 bits per heavy atom. The second kappa shape index (κ2) is 10.7. The number of hydrogen-bond donors (Lipinski definition) is 1. The van der Waals surface area contributed by atoms with E-state index in [4.69, 9.17) is 25.5 Å². The molecule has 11 nitrogen and oxygen atoms in total. The van der Waals surface area contributed by atoms with E-state index in [0.29, 0.717) is 11.4 Å². The van der Waals surface area contributed by atoms with Gasteiger partial charge in [-0.05, 0) is 37.3 Å². The number of non-ortho nitro benzene ring substituents is 1. The van der Waals surface area contributed by atoms with Crippen molar-refractivity contribution in [1.29, 1.82) is 0 Å². The summed E-state index contributed by atoms with van der Waals surface area (Å²) in [7, 11) is 0. The molecule has 4 aromatic rings. The second-order valence-corrected chi connectivity index (χ2v) is 7.66. The van der Waals surface area contributed by atoms with Gasteiger partial charge in [0.05, 0.1) is 28.4 Å². The molecule has 2 aromatic heterocycles. The van der Waals surface area contributed by atoms with Crippen molar-refractivity contribution in [2.75, 3.05) is 11.9 Å². The van der Waals surface area contributed by atoms with Crippen LogP contribution >= 0.6 is 11.6 Å². The fraction of sp³-hybridized carbons (Fsp3) is 0.125. The fourth-order valence-corrected chi connectivity index (χ4v) is 3.44. The van der Waals surface area contributed by atoms with Gasteiger partial charge in [0, 0.05) is 12.1 Å². The average Bonchev–Trinajstić information content (AvgIpc) is 3.51. The van der Waals surface area contributed by atoms with Gasteiger partial charge in [0.1, 0.15) is 23.7 Å². The number of hydrogen-bond acceptors (Lipinski definition) is 8. The van der Waals surface area contributed by atoms with Crippen LogP contribution in [0.3, 0.4) is 0 Å². The first kappa shape index (κ1) is 24.5. The standard InChI is InChI=1S/C24H19ClN4O7/c1-2-34-24(31)18-13-26-28(15-6-4-3-5-7-15)22(18)27-23(30)21-11-9-17(36-21)14-35-20-10-8-16(29(32)33)12-19(20)25/h3-13H,2,14H2,1H3,(H,27,30). The van der Waals surface area contributed by atoms with Crippen LogP contribution in [0.5, 0.6) is 5.75 Å². The van der Waals surface area contributed by atoms with E-state index in [1.54, 1.807) is 31.2 Å². The minimum absolute atomic E-state index is 0.0426. The van der Waals surface area contributed by atoms with Crippen LogP contribution in [0.1, 0.15) is 33.6 Å². The quantitative estimate of drug-likeness (QED) is 0.188. The lowest BCUT2D eigenvalue weighted by Crippen LogP contribution is -2.17. The summed E-state index contributed by atoms with van der Waals surface area (Å²) < 4.78 is 17.6. The van der Waals surface area contributed by atoms with Gasteiger partial charge in [0.15, 0.2) is 11.6 Å². The van der Waals surface area contributed by atoms with Crippen LogP contribution in [0.4, 0.5) is 11.5 Å². The first-order chi connectivity index (χ1) is 17.4. The van der Waals surface area contributed by atoms with Crippen molar-refractivity contribution in [1.82, 2.24) is 9.78 Å². The smallest absolute Gasteiger partial charge is 0.343 e. The van der Waals surface area contributed by atoms with Crippen LogP contribution in [-0.2, 0) is 11.3 Å². The second-order valence-electron chi connectivity index (χ2n) is 7.26. The summed E-state index contributed by atoms with van der Waals surface area (Å²) >= 11 is 6.03. The summed E-state index contributed by atoms with van der Waals surface area (Å²) in [5, 5.41) is 17.8. The molecule has 0 saturated heterocycles. The van der Waals surface area contributed by atoms with E-state index in [-0.39, 0.29) is 46.8 Å². The Bertz CT molecular complexity index is 1420. The lowest BCUT2D eigenvalue weighted by molar-refractivity contribution is -0.384. The van der Waals surface area contributed by atoms with E-state index in [2.05, 4.69) is 10.4 Å². The Morgan fingerprint density at radius 2 is 1.94 bits per heavy atom.